The van der Waals surface area contributed by atoms with E-state index in [0.717, 1.165) is 17.9 Å². The van der Waals surface area contributed by atoms with Gasteiger partial charge in [-0.15, -0.1) is 0 Å². The second-order valence-electron chi connectivity index (χ2n) is 7.97. The predicted octanol–water partition coefficient (Wildman–Crippen LogP) is 2.28. The molecule has 2 saturated heterocycles. The fraction of sp³-hybridized carbons (Fsp3) is 0.348. The van der Waals surface area contributed by atoms with E-state index in [9.17, 15) is 22.8 Å². The Morgan fingerprint density at radius 2 is 1.76 bits per heavy atom. The summed E-state index contributed by atoms with van der Waals surface area (Å²) in [7, 11) is -3.76. The van der Waals surface area contributed by atoms with E-state index in [0.29, 0.717) is 36.6 Å². The van der Waals surface area contributed by atoms with Gasteiger partial charge in [0.25, 0.3) is 5.91 Å². The molecule has 0 saturated carbocycles. The first-order chi connectivity index (χ1) is 16.3. The van der Waals surface area contributed by atoms with Gasteiger partial charge in [0.2, 0.25) is 21.8 Å². The molecule has 0 unspecified atom stereocenters. The number of hydrogen-bond donors (Lipinski definition) is 2. The molecule has 0 atom stereocenters. The Labute approximate surface area is 197 Å². The Kier molecular flexibility index (Phi) is 6.85. The maximum absolute atomic E-state index is 13.1. The van der Waals surface area contributed by atoms with E-state index in [-0.39, 0.29) is 35.3 Å². The molecule has 10 nitrogen and oxygen atoms in total. The van der Waals surface area contributed by atoms with Crippen LogP contribution in [-0.2, 0) is 19.6 Å². The Morgan fingerprint density at radius 1 is 1.06 bits per heavy atom. The quantitative estimate of drug-likeness (QED) is 0.619. The van der Waals surface area contributed by atoms with Gasteiger partial charge in [-0.2, -0.15) is 4.31 Å². The average molecular weight is 487 g/mol. The summed E-state index contributed by atoms with van der Waals surface area (Å²) in [5, 5.41) is 3.88. The number of carbonyl (C=O) groups is 3. The molecule has 0 aromatic heterocycles. The van der Waals surface area contributed by atoms with Gasteiger partial charge >= 0.3 is 0 Å². The predicted molar refractivity (Wildman–Crippen MR) is 125 cm³/mol. The molecule has 2 aliphatic heterocycles. The molecule has 11 heteroatoms. The number of hydrogen-bond acceptors (Lipinski definition) is 6. The first kappa shape index (κ1) is 23.7. The van der Waals surface area contributed by atoms with Crippen molar-refractivity contribution in [3.63, 3.8) is 0 Å². The molecule has 3 amide bonds. The van der Waals surface area contributed by atoms with Crippen molar-refractivity contribution in [2.75, 3.05) is 30.0 Å². The molecule has 2 aliphatic rings. The number of benzene rings is 2. The van der Waals surface area contributed by atoms with Gasteiger partial charge in [0.05, 0.1) is 12.3 Å². The van der Waals surface area contributed by atoms with E-state index in [1.165, 1.54) is 28.6 Å². The summed E-state index contributed by atoms with van der Waals surface area (Å²) in [5.41, 5.74) is 3.56. The Balaban J connectivity index is 1.53. The maximum Gasteiger partial charge on any atom is 0.255 e. The van der Waals surface area contributed by atoms with Crippen LogP contribution in [0.5, 0.6) is 5.75 Å². The summed E-state index contributed by atoms with van der Waals surface area (Å²) < 4.78 is 33.3. The van der Waals surface area contributed by atoms with Crippen molar-refractivity contribution < 1.29 is 27.5 Å². The highest BCUT2D eigenvalue weighted by molar-refractivity contribution is 7.89. The van der Waals surface area contributed by atoms with Gasteiger partial charge in [-0.1, -0.05) is 0 Å². The van der Waals surface area contributed by atoms with Gasteiger partial charge in [0.1, 0.15) is 10.6 Å². The summed E-state index contributed by atoms with van der Waals surface area (Å²) in [4.78, 5) is 36.5. The second-order valence-corrected chi connectivity index (χ2v) is 9.88. The first-order valence-electron chi connectivity index (χ1n) is 11.1. The number of amides is 3. The number of rotatable bonds is 7. The molecule has 4 rings (SSSR count). The van der Waals surface area contributed by atoms with Crippen molar-refractivity contribution in [2.45, 2.75) is 37.5 Å². The zero-order valence-corrected chi connectivity index (χ0v) is 19.6. The highest BCUT2D eigenvalue weighted by Crippen LogP contribution is 2.32. The van der Waals surface area contributed by atoms with E-state index >= 15 is 0 Å². The maximum atomic E-state index is 13.1. The zero-order chi connectivity index (χ0) is 24.3. The lowest BCUT2D eigenvalue weighted by atomic mass is 10.1. The first-order valence-corrected chi connectivity index (χ1v) is 12.5. The van der Waals surface area contributed by atoms with Crippen LogP contribution >= 0.6 is 0 Å². The van der Waals surface area contributed by atoms with Crippen LogP contribution in [0.25, 0.3) is 0 Å². The van der Waals surface area contributed by atoms with Crippen molar-refractivity contribution in [1.29, 1.82) is 0 Å². The number of anilines is 2. The van der Waals surface area contributed by atoms with Crippen LogP contribution in [0.4, 0.5) is 11.4 Å². The van der Waals surface area contributed by atoms with Gasteiger partial charge < -0.3 is 10.1 Å². The molecule has 34 heavy (non-hydrogen) atoms. The molecule has 2 N–H and O–H groups in total. The van der Waals surface area contributed by atoms with Crippen LogP contribution < -0.4 is 20.5 Å². The molecular formula is C23H26N4O6S. The minimum Gasteiger partial charge on any atom is -0.492 e. The summed E-state index contributed by atoms with van der Waals surface area (Å²) in [6.07, 6.45) is 1.88. The standard InChI is InChI=1S/C23H26N4O6S/c1-2-33-19-10-7-17(15-20(19)34(31,32)26-13-3-4-14-26)24-23(30)16-5-8-18(9-6-16)27-22(29)12-11-21(28)25-27/h5-10,15H,2-4,11-14H2,1H3,(H,24,30)(H,25,28). The normalized spacial score (nSPS) is 16.9. The molecule has 2 heterocycles. The third-order valence-corrected chi connectivity index (χ3v) is 7.54. The number of hydrazine groups is 1. The molecule has 180 valence electrons. The third kappa shape index (κ3) is 4.90. The minimum atomic E-state index is -3.76. The monoisotopic (exact) mass is 486 g/mol. The number of sulfonamides is 1. The zero-order valence-electron chi connectivity index (χ0n) is 18.7. The van der Waals surface area contributed by atoms with Crippen LogP contribution in [-0.4, -0.2) is 50.1 Å². The number of nitrogens with zero attached hydrogens (tertiary/aromatic N) is 2. The lowest BCUT2D eigenvalue weighted by Crippen LogP contribution is -2.50. The minimum absolute atomic E-state index is 0.0174. The van der Waals surface area contributed by atoms with Crippen molar-refractivity contribution in [3.8, 4) is 5.75 Å². The summed E-state index contributed by atoms with van der Waals surface area (Å²) >= 11 is 0. The molecule has 2 aromatic carbocycles. The summed E-state index contributed by atoms with van der Waals surface area (Å²) in [6, 6.07) is 10.7. The van der Waals surface area contributed by atoms with Crippen LogP contribution in [0.3, 0.4) is 0 Å². The topological polar surface area (TPSA) is 125 Å². The molecule has 2 aromatic rings. The Hall–Kier alpha value is -3.44. The molecule has 0 radical (unpaired) electrons. The Bertz CT molecular complexity index is 1210. The molecule has 0 aliphatic carbocycles. The fourth-order valence-corrected chi connectivity index (χ4v) is 5.55. The van der Waals surface area contributed by atoms with Crippen molar-refractivity contribution in [2.24, 2.45) is 0 Å². The molecule has 2 fully saturated rings. The fourth-order valence-electron chi connectivity index (χ4n) is 3.88. The third-order valence-electron chi connectivity index (χ3n) is 5.62. The van der Waals surface area contributed by atoms with Crippen molar-refractivity contribution in [1.82, 2.24) is 9.73 Å². The highest BCUT2D eigenvalue weighted by atomic mass is 32.2. The number of carbonyl (C=O) groups excluding carboxylic acids is 3. The van der Waals surface area contributed by atoms with Crippen LogP contribution in [0.15, 0.2) is 47.4 Å². The average Bonchev–Trinajstić information content (AvgIpc) is 3.38. The van der Waals surface area contributed by atoms with E-state index in [2.05, 4.69) is 10.7 Å². The van der Waals surface area contributed by atoms with Gasteiger partial charge in [-0.3, -0.25) is 19.8 Å². The lowest BCUT2D eigenvalue weighted by molar-refractivity contribution is -0.130. The van der Waals surface area contributed by atoms with E-state index in [1.54, 1.807) is 25.1 Å². The van der Waals surface area contributed by atoms with Crippen LogP contribution in [0.1, 0.15) is 43.0 Å². The van der Waals surface area contributed by atoms with E-state index in [4.69, 9.17) is 4.74 Å². The van der Waals surface area contributed by atoms with Crippen molar-refractivity contribution in [3.05, 3.63) is 48.0 Å². The largest absolute Gasteiger partial charge is 0.492 e. The van der Waals surface area contributed by atoms with Gasteiger partial charge in [-0.25, -0.2) is 13.4 Å². The summed E-state index contributed by atoms with van der Waals surface area (Å²) in [6.45, 7) is 2.99. The number of ether oxygens (including phenoxy) is 1. The summed E-state index contributed by atoms with van der Waals surface area (Å²) in [5.74, 6) is -0.700. The van der Waals surface area contributed by atoms with E-state index in [1.807, 2.05) is 0 Å². The smallest absolute Gasteiger partial charge is 0.255 e. The van der Waals surface area contributed by atoms with Crippen molar-refractivity contribution >= 4 is 39.1 Å². The van der Waals surface area contributed by atoms with Crippen LogP contribution in [0, 0.1) is 0 Å². The van der Waals surface area contributed by atoms with Gasteiger partial charge in [0.15, 0.2) is 0 Å². The van der Waals surface area contributed by atoms with E-state index < -0.39 is 15.9 Å². The lowest BCUT2D eigenvalue weighted by Gasteiger charge is -2.27. The molecule has 0 spiro atoms. The van der Waals surface area contributed by atoms with Gasteiger partial charge in [-0.05, 0) is 62.2 Å². The van der Waals surface area contributed by atoms with Crippen LogP contribution in [0.2, 0.25) is 0 Å². The SMILES string of the molecule is CCOc1ccc(NC(=O)c2ccc(N3NC(=O)CCC3=O)cc2)cc1S(=O)(=O)N1CCCC1. The highest BCUT2D eigenvalue weighted by Gasteiger charge is 2.30. The molecular weight excluding hydrogens is 460 g/mol. The Morgan fingerprint density at radius 3 is 2.44 bits per heavy atom. The van der Waals surface area contributed by atoms with Gasteiger partial charge in [0, 0.05) is 37.2 Å². The number of nitrogens with one attached hydrogen (secondary N) is 2. The second kappa shape index (κ2) is 9.82. The molecule has 0 bridgehead atoms.